The second-order valence-electron chi connectivity index (χ2n) is 9.02. The zero-order chi connectivity index (χ0) is 21.4. The molecule has 0 N–H and O–H groups in total. The summed E-state index contributed by atoms with van der Waals surface area (Å²) in [4.78, 5) is 9.70. The van der Waals surface area contributed by atoms with Gasteiger partial charge in [-0.15, -0.1) is 0 Å². The molecule has 2 aromatic rings. The molecule has 6 bridgehead atoms. The van der Waals surface area contributed by atoms with E-state index in [1.807, 2.05) is 18.2 Å². The normalized spacial score (nSPS) is 22.3. The van der Waals surface area contributed by atoms with Crippen LogP contribution in [-0.4, -0.2) is 33.6 Å². The van der Waals surface area contributed by atoms with E-state index in [-0.39, 0.29) is 11.2 Å². The number of ether oxygens (including phenoxy) is 1. The Balaban J connectivity index is 1.60. The van der Waals surface area contributed by atoms with Crippen molar-refractivity contribution in [1.82, 2.24) is 19.6 Å². The molecule has 0 aromatic heterocycles. The van der Waals surface area contributed by atoms with Crippen molar-refractivity contribution in [3.63, 3.8) is 0 Å². The van der Waals surface area contributed by atoms with Gasteiger partial charge in [0.05, 0.1) is 0 Å². The van der Waals surface area contributed by atoms with Gasteiger partial charge < -0.3 is 0 Å². The van der Waals surface area contributed by atoms with Crippen molar-refractivity contribution < 1.29 is 22.4 Å². The van der Waals surface area contributed by atoms with Crippen molar-refractivity contribution in [2.24, 2.45) is 0 Å². The molecule has 31 heavy (non-hydrogen) atoms. The molecule has 4 aliphatic heterocycles. The molecule has 4 heterocycles. The molecule has 5 nitrogen and oxygen atoms in total. The van der Waals surface area contributed by atoms with Crippen LogP contribution in [0.4, 0.5) is 0 Å². The van der Waals surface area contributed by atoms with E-state index in [1.165, 1.54) is 8.29 Å². The number of fused-ring (bicyclic) bond motifs is 4. The van der Waals surface area contributed by atoms with Gasteiger partial charge in [-0.2, -0.15) is 0 Å². The predicted molar refractivity (Wildman–Crippen MR) is 117 cm³/mol. The first-order chi connectivity index (χ1) is 14.8. The number of hydrogen-bond donors (Lipinski definition) is 0. The Morgan fingerprint density at radius 1 is 0.806 bits per heavy atom. The van der Waals surface area contributed by atoms with Crippen molar-refractivity contribution in [3.8, 4) is 11.5 Å². The molecule has 0 atom stereocenters. The van der Waals surface area contributed by atoms with Crippen molar-refractivity contribution in [3.05, 3.63) is 84.5 Å². The van der Waals surface area contributed by atoms with Gasteiger partial charge in [-0.3, -0.25) is 0 Å². The molecule has 2 aromatic carbocycles. The van der Waals surface area contributed by atoms with E-state index in [2.05, 4.69) is 102 Å². The SMILES string of the molecule is CC1(C)c2[c-]c(ccc2)Oc2[c-]c(ccc2)CN2C=CN3[C]2=[Pt]=[C]2N1C=CN2C3(C)C. The second kappa shape index (κ2) is 6.43. The van der Waals surface area contributed by atoms with Crippen LogP contribution in [0.5, 0.6) is 11.5 Å². The van der Waals surface area contributed by atoms with Crippen LogP contribution in [0.3, 0.4) is 0 Å². The Labute approximate surface area is 191 Å². The third-order valence-electron chi connectivity index (χ3n) is 6.27. The van der Waals surface area contributed by atoms with Gasteiger partial charge in [-0.1, -0.05) is 0 Å². The van der Waals surface area contributed by atoms with Gasteiger partial charge in [0, 0.05) is 0 Å². The van der Waals surface area contributed by atoms with Crippen LogP contribution in [0.1, 0.15) is 38.8 Å². The Bertz CT molecular complexity index is 1220. The molecular weight excluding hydrogens is 567 g/mol. The Hall–Kier alpha value is -2.65. The zero-order valence-corrected chi connectivity index (χ0v) is 20.3. The average molecular weight is 592 g/mol. The topological polar surface area (TPSA) is 22.2 Å². The standard InChI is InChI=1S/C25H24N4O.Pt/c1-24(2)21-8-6-10-23(16-21)30-22-9-5-7-20(15-22)17-26-11-12-28(18-26)25(3,4)29-14-13-27(24)19-29;/h5-14H,17H2,1-4H3;/q-2;. The summed E-state index contributed by atoms with van der Waals surface area (Å²) >= 11 is -0.422. The molecule has 0 amide bonds. The van der Waals surface area contributed by atoms with Crippen LogP contribution >= 0.6 is 0 Å². The summed E-state index contributed by atoms with van der Waals surface area (Å²) in [6, 6.07) is 19.3. The van der Waals surface area contributed by atoms with Crippen LogP contribution in [0.15, 0.2) is 61.2 Å². The minimum absolute atomic E-state index is 0.174. The molecule has 0 unspecified atom stereocenters. The summed E-state index contributed by atoms with van der Waals surface area (Å²) in [5, 5.41) is 0. The quantitative estimate of drug-likeness (QED) is 0.431. The monoisotopic (exact) mass is 591 g/mol. The van der Waals surface area contributed by atoms with E-state index in [0.717, 1.165) is 29.2 Å². The van der Waals surface area contributed by atoms with Gasteiger partial charge in [0.15, 0.2) is 0 Å². The van der Waals surface area contributed by atoms with Gasteiger partial charge in [0.2, 0.25) is 0 Å². The average Bonchev–Trinajstić information content (AvgIpc) is 3.34. The molecule has 6 rings (SSSR count). The molecule has 0 saturated heterocycles. The van der Waals surface area contributed by atoms with E-state index in [9.17, 15) is 0 Å². The molecule has 0 radical (unpaired) electrons. The Morgan fingerprint density at radius 2 is 1.48 bits per heavy atom. The summed E-state index contributed by atoms with van der Waals surface area (Å²) in [6.07, 6.45) is 8.91. The fourth-order valence-corrected chi connectivity index (χ4v) is 8.68. The fraction of sp³-hybridized carbons (Fsp3) is 0.280. The molecule has 162 valence electrons. The van der Waals surface area contributed by atoms with Crippen molar-refractivity contribution in [2.45, 2.75) is 45.4 Å². The maximum absolute atomic E-state index is 6.17. The third kappa shape index (κ3) is 2.79. The Morgan fingerprint density at radius 3 is 2.32 bits per heavy atom. The van der Waals surface area contributed by atoms with Gasteiger partial charge in [-0.05, 0) is 0 Å². The van der Waals surface area contributed by atoms with Gasteiger partial charge in [0.25, 0.3) is 0 Å². The van der Waals surface area contributed by atoms with Crippen LogP contribution in [0.25, 0.3) is 0 Å². The van der Waals surface area contributed by atoms with E-state index >= 15 is 0 Å². The Kier molecular flexibility index (Phi) is 3.95. The molecule has 6 heteroatoms. The summed E-state index contributed by atoms with van der Waals surface area (Å²) in [5.74, 6) is 1.45. The van der Waals surface area contributed by atoms with E-state index in [4.69, 9.17) is 4.74 Å². The number of nitrogens with zero attached hydrogens (tertiary/aromatic N) is 4. The summed E-state index contributed by atoms with van der Waals surface area (Å²) in [6.45, 7) is 9.90. The molecule has 0 saturated carbocycles. The van der Waals surface area contributed by atoms with Crippen molar-refractivity contribution >= 4 is 8.29 Å². The molecular formula is C25H24N4OPt-2. The van der Waals surface area contributed by atoms with Gasteiger partial charge in [0.1, 0.15) is 0 Å². The molecule has 0 aliphatic carbocycles. The summed E-state index contributed by atoms with van der Waals surface area (Å²) in [5.41, 5.74) is 1.78. The van der Waals surface area contributed by atoms with Crippen LogP contribution in [-0.2, 0) is 29.7 Å². The number of rotatable bonds is 0. The maximum atomic E-state index is 6.17. The van der Waals surface area contributed by atoms with E-state index in [0.29, 0.717) is 0 Å². The number of benzene rings is 2. The minimum atomic E-state index is -0.422. The molecule has 0 spiro atoms. The fourth-order valence-electron chi connectivity index (χ4n) is 4.34. The van der Waals surface area contributed by atoms with Crippen LogP contribution in [0.2, 0.25) is 0 Å². The first-order valence-corrected chi connectivity index (χ1v) is 12.7. The second-order valence-corrected chi connectivity index (χ2v) is 11.6. The third-order valence-corrected chi connectivity index (χ3v) is 9.58. The van der Waals surface area contributed by atoms with E-state index in [1.54, 1.807) is 0 Å². The summed E-state index contributed by atoms with van der Waals surface area (Å²) in [7, 11) is 0. The predicted octanol–water partition coefficient (Wildman–Crippen LogP) is 4.01. The molecule has 4 aliphatic rings. The summed E-state index contributed by atoms with van der Waals surface area (Å²) < 4.78 is 8.96. The molecule has 0 fully saturated rings. The van der Waals surface area contributed by atoms with Crippen LogP contribution in [0, 0.1) is 12.1 Å². The zero-order valence-electron chi connectivity index (χ0n) is 18.0. The van der Waals surface area contributed by atoms with Gasteiger partial charge >= 0.3 is 192 Å². The first kappa shape index (κ1) is 19.1. The number of hydrogen-bond acceptors (Lipinski definition) is 5. The first-order valence-electron chi connectivity index (χ1n) is 10.4. The van der Waals surface area contributed by atoms with E-state index < -0.39 is 17.6 Å². The van der Waals surface area contributed by atoms with Crippen LogP contribution < -0.4 is 4.74 Å². The van der Waals surface area contributed by atoms with Crippen molar-refractivity contribution in [1.29, 1.82) is 0 Å². The van der Waals surface area contributed by atoms with Gasteiger partial charge in [-0.25, -0.2) is 0 Å². The van der Waals surface area contributed by atoms with Crippen molar-refractivity contribution in [2.75, 3.05) is 0 Å².